The largest absolute Gasteiger partial charge is 0.339 e. The van der Waals surface area contributed by atoms with Gasteiger partial charge in [0.15, 0.2) is 0 Å². The van der Waals surface area contributed by atoms with Crippen molar-refractivity contribution in [1.82, 2.24) is 10.1 Å². The van der Waals surface area contributed by atoms with E-state index < -0.39 is 0 Å². The Bertz CT molecular complexity index is 559. The second kappa shape index (κ2) is 6.25. The van der Waals surface area contributed by atoms with Gasteiger partial charge in [-0.2, -0.15) is 4.98 Å². The summed E-state index contributed by atoms with van der Waals surface area (Å²) in [4.78, 5) is 4.27. The van der Waals surface area contributed by atoms with E-state index in [4.69, 9.17) is 10.3 Å². The Labute approximate surface area is 119 Å². The van der Waals surface area contributed by atoms with Crippen LogP contribution < -0.4 is 5.73 Å². The Hall–Kier alpha value is -1.27. The van der Waals surface area contributed by atoms with Crippen molar-refractivity contribution in [2.24, 2.45) is 5.73 Å². The summed E-state index contributed by atoms with van der Waals surface area (Å²) >= 11 is 3.13. The van der Waals surface area contributed by atoms with Crippen molar-refractivity contribution in [2.75, 3.05) is 0 Å². The molecule has 6 heteroatoms. The number of nitrogens with two attached hydrogens (primary N) is 1. The summed E-state index contributed by atoms with van der Waals surface area (Å²) in [6.07, 6.45) is 2.50. The molecule has 0 fully saturated rings. The first kappa shape index (κ1) is 14.1. The standard InChI is InChI=1S/C13H15BrFN3O/c1-2-3-9(16)7-12-17-13(18-19-12)8-4-5-11(15)10(14)6-8/h4-6,9H,2-3,7,16H2,1H3. The summed E-state index contributed by atoms with van der Waals surface area (Å²) in [6.45, 7) is 2.08. The third-order valence-corrected chi connectivity index (χ3v) is 3.35. The number of aromatic nitrogens is 2. The predicted octanol–water partition coefficient (Wildman–Crippen LogP) is 3.31. The maximum Gasteiger partial charge on any atom is 0.228 e. The second-order valence-corrected chi connectivity index (χ2v) is 5.25. The van der Waals surface area contributed by atoms with Crippen molar-refractivity contribution >= 4 is 15.9 Å². The monoisotopic (exact) mass is 327 g/mol. The molecule has 0 amide bonds. The molecule has 19 heavy (non-hydrogen) atoms. The Morgan fingerprint density at radius 3 is 2.95 bits per heavy atom. The molecular formula is C13H15BrFN3O. The van der Waals surface area contributed by atoms with Crippen LogP contribution in [0.2, 0.25) is 0 Å². The zero-order chi connectivity index (χ0) is 13.8. The fourth-order valence-electron chi connectivity index (χ4n) is 1.79. The van der Waals surface area contributed by atoms with Gasteiger partial charge in [0.25, 0.3) is 0 Å². The minimum atomic E-state index is -0.322. The zero-order valence-electron chi connectivity index (χ0n) is 10.6. The van der Waals surface area contributed by atoms with Crippen molar-refractivity contribution in [1.29, 1.82) is 0 Å². The van der Waals surface area contributed by atoms with Crippen LogP contribution in [-0.4, -0.2) is 16.2 Å². The maximum atomic E-state index is 13.1. The molecule has 1 unspecified atom stereocenters. The van der Waals surface area contributed by atoms with E-state index >= 15 is 0 Å². The van der Waals surface area contributed by atoms with Crippen molar-refractivity contribution in [3.63, 3.8) is 0 Å². The first-order chi connectivity index (χ1) is 9.10. The second-order valence-electron chi connectivity index (χ2n) is 4.39. The molecule has 2 N–H and O–H groups in total. The number of hydrogen-bond acceptors (Lipinski definition) is 4. The lowest BCUT2D eigenvalue weighted by molar-refractivity contribution is 0.366. The minimum Gasteiger partial charge on any atom is -0.339 e. The lowest BCUT2D eigenvalue weighted by atomic mass is 10.1. The van der Waals surface area contributed by atoms with E-state index in [1.54, 1.807) is 12.1 Å². The van der Waals surface area contributed by atoms with Gasteiger partial charge in [0.1, 0.15) is 5.82 Å². The van der Waals surface area contributed by atoms with Crippen molar-refractivity contribution in [3.05, 3.63) is 34.4 Å². The Kier molecular flexibility index (Phi) is 4.66. The molecule has 2 rings (SSSR count). The summed E-state index contributed by atoms with van der Waals surface area (Å²) in [5, 5.41) is 3.89. The smallest absolute Gasteiger partial charge is 0.228 e. The highest BCUT2D eigenvalue weighted by molar-refractivity contribution is 9.10. The molecule has 1 heterocycles. The van der Waals surface area contributed by atoms with Crippen LogP contribution in [0, 0.1) is 5.82 Å². The van der Waals surface area contributed by atoms with E-state index in [1.807, 2.05) is 0 Å². The van der Waals surface area contributed by atoms with Gasteiger partial charge >= 0.3 is 0 Å². The lowest BCUT2D eigenvalue weighted by Gasteiger charge is -2.05. The maximum absolute atomic E-state index is 13.1. The number of halogens is 2. The van der Waals surface area contributed by atoms with Crippen LogP contribution in [0.15, 0.2) is 27.2 Å². The van der Waals surface area contributed by atoms with Gasteiger partial charge in [-0.25, -0.2) is 4.39 Å². The number of rotatable bonds is 5. The number of benzene rings is 1. The molecule has 1 atom stereocenters. The molecule has 0 bridgehead atoms. The molecule has 0 radical (unpaired) electrons. The molecular weight excluding hydrogens is 313 g/mol. The summed E-state index contributed by atoms with van der Waals surface area (Å²) in [7, 11) is 0. The minimum absolute atomic E-state index is 0.0262. The molecule has 4 nitrogen and oxygen atoms in total. The Balaban J connectivity index is 2.14. The highest BCUT2D eigenvalue weighted by atomic mass is 79.9. The van der Waals surface area contributed by atoms with Gasteiger partial charge in [0.05, 0.1) is 4.47 Å². The predicted molar refractivity (Wildman–Crippen MR) is 74.0 cm³/mol. The fraction of sp³-hybridized carbons (Fsp3) is 0.385. The van der Waals surface area contributed by atoms with Crippen LogP contribution in [0.1, 0.15) is 25.7 Å². The van der Waals surface area contributed by atoms with Gasteiger partial charge in [-0.1, -0.05) is 18.5 Å². The van der Waals surface area contributed by atoms with Gasteiger partial charge in [0, 0.05) is 18.0 Å². The first-order valence-corrected chi connectivity index (χ1v) is 6.93. The van der Waals surface area contributed by atoms with E-state index in [0.717, 1.165) is 12.8 Å². The third-order valence-electron chi connectivity index (χ3n) is 2.74. The normalized spacial score (nSPS) is 12.6. The molecule has 102 valence electrons. The lowest BCUT2D eigenvalue weighted by Crippen LogP contribution is -2.22. The zero-order valence-corrected chi connectivity index (χ0v) is 12.2. The van der Waals surface area contributed by atoms with Gasteiger partial charge in [-0.3, -0.25) is 0 Å². The van der Waals surface area contributed by atoms with Crippen molar-refractivity contribution in [3.8, 4) is 11.4 Å². The molecule has 0 aliphatic heterocycles. The van der Waals surface area contributed by atoms with E-state index in [1.165, 1.54) is 6.07 Å². The first-order valence-electron chi connectivity index (χ1n) is 6.13. The van der Waals surface area contributed by atoms with Crippen LogP contribution in [0.3, 0.4) is 0 Å². The Morgan fingerprint density at radius 1 is 1.47 bits per heavy atom. The summed E-state index contributed by atoms with van der Waals surface area (Å²) in [5.74, 6) is 0.633. The van der Waals surface area contributed by atoms with Crippen molar-refractivity contribution < 1.29 is 8.91 Å². The van der Waals surface area contributed by atoms with Crippen LogP contribution >= 0.6 is 15.9 Å². The average Bonchev–Trinajstić information content (AvgIpc) is 2.81. The van der Waals surface area contributed by atoms with Crippen molar-refractivity contribution in [2.45, 2.75) is 32.2 Å². The third kappa shape index (κ3) is 3.61. The Morgan fingerprint density at radius 2 is 2.26 bits per heavy atom. The van der Waals surface area contributed by atoms with E-state index in [2.05, 4.69) is 33.0 Å². The molecule has 2 aromatic rings. The average molecular weight is 328 g/mol. The van der Waals surface area contributed by atoms with Gasteiger partial charge < -0.3 is 10.3 Å². The SMILES string of the molecule is CCCC(N)Cc1nc(-c2ccc(F)c(Br)c2)no1. The van der Waals surface area contributed by atoms with Crippen LogP contribution in [0.5, 0.6) is 0 Å². The molecule has 0 aliphatic carbocycles. The summed E-state index contributed by atoms with van der Waals surface area (Å²) in [5.41, 5.74) is 6.62. The van der Waals surface area contributed by atoms with E-state index in [9.17, 15) is 4.39 Å². The molecule has 0 saturated heterocycles. The number of nitrogens with zero attached hydrogens (tertiary/aromatic N) is 2. The van der Waals surface area contributed by atoms with Gasteiger partial charge in [0.2, 0.25) is 11.7 Å². The quantitative estimate of drug-likeness (QED) is 0.914. The summed E-state index contributed by atoms with van der Waals surface area (Å²) in [6, 6.07) is 4.62. The number of hydrogen-bond donors (Lipinski definition) is 1. The van der Waals surface area contributed by atoms with Crippen LogP contribution in [0.25, 0.3) is 11.4 Å². The molecule has 0 spiro atoms. The van der Waals surface area contributed by atoms with Gasteiger partial charge in [-0.15, -0.1) is 0 Å². The van der Waals surface area contributed by atoms with E-state index in [-0.39, 0.29) is 11.9 Å². The van der Waals surface area contributed by atoms with Crippen LogP contribution in [-0.2, 0) is 6.42 Å². The molecule has 0 saturated carbocycles. The fourth-order valence-corrected chi connectivity index (χ4v) is 2.17. The molecule has 0 aliphatic rings. The van der Waals surface area contributed by atoms with E-state index in [0.29, 0.717) is 28.2 Å². The molecule has 1 aromatic heterocycles. The highest BCUT2D eigenvalue weighted by Gasteiger charge is 2.13. The van der Waals surface area contributed by atoms with Gasteiger partial charge in [-0.05, 0) is 40.5 Å². The summed E-state index contributed by atoms with van der Waals surface area (Å²) < 4.78 is 18.7. The molecule has 1 aromatic carbocycles. The highest BCUT2D eigenvalue weighted by Crippen LogP contribution is 2.23. The topological polar surface area (TPSA) is 64.9 Å². The van der Waals surface area contributed by atoms with Crippen LogP contribution in [0.4, 0.5) is 4.39 Å².